The average molecular weight is 528 g/mol. The van der Waals surface area contributed by atoms with Crippen LogP contribution in [-0.4, -0.2) is 6.19 Å². The van der Waals surface area contributed by atoms with Crippen molar-refractivity contribution in [3.63, 3.8) is 0 Å². The van der Waals surface area contributed by atoms with Crippen LogP contribution in [0.1, 0.15) is 101 Å². The molecule has 180 valence electrons. The largest absolute Gasteiger partial charge is 1.00 e. The number of fused-ring (bicyclic) bond motifs is 2. The van der Waals surface area contributed by atoms with E-state index in [1.165, 1.54) is 62.5 Å². The summed E-state index contributed by atoms with van der Waals surface area (Å²) in [5.74, 6) is 0. The molecule has 0 bridgehead atoms. The second kappa shape index (κ2) is 13.9. The molecule has 0 nitrogen and oxygen atoms in total. The first-order chi connectivity index (χ1) is 13.9. The zero-order valence-electron chi connectivity index (χ0n) is 21.7. The number of hydrogen-bond donors (Lipinski definition) is 0. The van der Waals surface area contributed by atoms with Crippen molar-refractivity contribution in [3.8, 4) is 0 Å². The van der Waals surface area contributed by atoms with Gasteiger partial charge in [0.05, 0.1) is 0 Å². The number of hydrogen-bond acceptors (Lipinski definition) is 0. The van der Waals surface area contributed by atoms with E-state index in [9.17, 15) is 0 Å². The van der Waals surface area contributed by atoms with Crippen LogP contribution < -0.4 is 24.8 Å². The molecule has 4 rings (SSSR count). The van der Waals surface area contributed by atoms with E-state index < -0.39 is 0 Å². The van der Waals surface area contributed by atoms with Crippen molar-refractivity contribution in [2.45, 2.75) is 117 Å². The summed E-state index contributed by atoms with van der Waals surface area (Å²) in [7, 11) is 0. The predicted molar refractivity (Wildman–Crippen MR) is 132 cm³/mol. The number of rotatable bonds is 0. The van der Waals surface area contributed by atoms with Gasteiger partial charge in [0, 0.05) is 0 Å². The van der Waals surface area contributed by atoms with Crippen LogP contribution in [0.25, 0.3) is 0 Å². The maximum atomic E-state index is 2.43. The van der Waals surface area contributed by atoms with Gasteiger partial charge in [0.25, 0.3) is 0 Å². The molecule has 0 atom stereocenters. The molecule has 2 aromatic carbocycles. The molecule has 0 heterocycles. The SMILES string of the molecule is CC(C)(C)c1cc2c([cH-]1)CCCC2.CC(C)(C)c1cc2c([cH-]1)CCCC2.C[Si](C)=[Ti+2].[Cl-].[Cl-]. The van der Waals surface area contributed by atoms with Crippen molar-refractivity contribution in [2.24, 2.45) is 0 Å². The van der Waals surface area contributed by atoms with Crippen molar-refractivity contribution < 1.29 is 44.0 Å². The second-order valence-electron chi connectivity index (χ2n) is 11.5. The third-order valence-electron chi connectivity index (χ3n) is 6.16. The van der Waals surface area contributed by atoms with Gasteiger partial charge < -0.3 is 24.8 Å². The molecule has 0 fully saturated rings. The monoisotopic (exact) mass is 526 g/mol. The standard InChI is InChI=1S/2C13H19.C2H6Si.2ClH.Ti/c2*1-13(2,3)12-8-10-6-4-5-7-11(10)9-12;1-3-2;;;/h2*8-9H,4-7H2,1-3H3;1-2H3;2*1H;/q2*-1;;;;+2/p-2. The van der Waals surface area contributed by atoms with Gasteiger partial charge in [0.2, 0.25) is 0 Å². The minimum absolute atomic E-state index is 0. The van der Waals surface area contributed by atoms with Crippen LogP contribution in [0, 0.1) is 0 Å². The molecule has 0 unspecified atom stereocenters. The van der Waals surface area contributed by atoms with Gasteiger partial charge in [-0.05, 0) is 10.8 Å². The fraction of sp³-hybridized carbons (Fsp3) is 0.643. The van der Waals surface area contributed by atoms with Gasteiger partial charge in [0.1, 0.15) is 0 Å². The summed E-state index contributed by atoms with van der Waals surface area (Å²) >= 11 is 2.27. The summed E-state index contributed by atoms with van der Waals surface area (Å²) < 4.78 is 0. The molecule has 0 spiro atoms. The van der Waals surface area contributed by atoms with Gasteiger partial charge in [-0.25, -0.2) is 12.1 Å². The van der Waals surface area contributed by atoms with Crippen molar-refractivity contribution in [1.82, 2.24) is 0 Å². The normalized spacial score (nSPS) is 14.8. The minimum Gasteiger partial charge on any atom is -1.00 e. The summed E-state index contributed by atoms with van der Waals surface area (Å²) in [6.07, 6.45) is 10.9. The van der Waals surface area contributed by atoms with Crippen LogP contribution in [0.5, 0.6) is 0 Å². The Morgan fingerprint density at radius 1 is 0.656 bits per heavy atom. The van der Waals surface area contributed by atoms with Crippen molar-refractivity contribution in [3.05, 3.63) is 57.6 Å². The van der Waals surface area contributed by atoms with Gasteiger partial charge in [-0.3, -0.25) is 0 Å². The summed E-state index contributed by atoms with van der Waals surface area (Å²) in [5.41, 5.74) is 10.2. The Labute approximate surface area is 223 Å². The number of halogens is 2. The predicted octanol–water partition coefficient (Wildman–Crippen LogP) is 1.96. The Kier molecular flexibility index (Phi) is 14.0. The summed E-state index contributed by atoms with van der Waals surface area (Å²) in [4.78, 5) is 0. The molecule has 2 aliphatic rings. The van der Waals surface area contributed by atoms with Gasteiger partial charge in [-0.1, -0.05) is 92.9 Å². The Bertz CT molecular complexity index is 715. The summed E-state index contributed by atoms with van der Waals surface area (Å²) in [6, 6.07) is 9.70. The van der Waals surface area contributed by atoms with Crippen LogP contribution in [0.3, 0.4) is 0 Å². The van der Waals surface area contributed by atoms with Crippen LogP contribution in [0.4, 0.5) is 0 Å². The molecular formula is C28H44Cl2SiTi-2. The van der Waals surface area contributed by atoms with Gasteiger partial charge in [-0.15, -0.1) is 0 Å². The van der Waals surface area contributed by atoms with Crippen LogP contribution in [-0.2, 0) is 55.7 Å². The first-order valence-electron chi connectivity index (χ1n) is 12.0. The Morgan fingerprint density at radius 2 is 0.938 bits per heavy atom. The fourth-order valence-electron chi connectivity index (χ4n) is 4.26. The Hall–Kier alpha value is 0.211. The molecule has 4 heteroatoms. The van der Waals surface area contributed by atoms with E-state index in [0.717, 1.165) is 0 Å². The zero-order chi connectivity index (χ0) is 22.5. The molecule has 2 aromatic rings. The fourth-order valence-corrected chi connectivity index (χ4v) is 4.26. The molecule has 0 aliphatic heterocycles. The van der Waals surface area contributed by atoms with E-state index in [4.69, 9.17) is 0 Å². The van der Waals surface area contributed by atoms with Crippen LogP contribution in [0.2, 0.25) is 13.1 Å². The van der Waals surface area contributed by atoms with Crippen molar-refractivity contribution in [1.29, 1.82) is 0 Å². The molecular weight excluding hydrogens is 483 g/mol. The van der Waals surface area contributed by atoms with Crippen molar-refractivity contribution in [2.75, 3.05) is 0 Å². The molecule has 0 amide bonds. The van der Waals surface area contributed by atoms with E-state index in [2.05, 4.69) is 98.1 Å². The van der Waals surface area contributed by atoms with Crippen molar-refractivity contribution >= 4 is 6.19 Å². The molecule has 0 saturated heterocycles. The summed E-state index contributed by atoms with van der Waals surface area (Å²) in [5, 5.41) is 0. The zero-order valence-corrected chi connectivity index (χ0v) is 25.8. The Balaban J connectivity index is 0.000000490. The molecule has 0 aromatic heterocycles. The minimum atomic E-state index is 0. The van der Waals surface area contributed by atoms with Crippen LogP contribution >= 0.6 is 0 Å². The third-order valence-corrected chi connectivity index (χ3v) is 6.16. The summed E-state index contributed by atoms with van der Waals surface area (Å²) in [6.45, 7) is 18.3. The van der Waals surface area contributed by atoms with E-state index in [0.29, 0.717) is 10.8 Å². The average Bonchev–Trinajstić information content (AvgIpc) is 3.25. The first-order valence-corrected chi connectivity index (χ1v) is 16.8. The van der Waals surface area contributed by atoms with Gasteiger partial charge >= 0.3 is 38.5 Å². The van der Waals surface area contributed by atoms with E-state index in [-0.39, 0.29) is 31.0 Å². The maximum absolute atomic E-state index is 2.43. The number of aryl methyl sites for hydroxylation is 4. The smallest absolute Gasteiger partial charge is 1.00 e. The molecule has 0 radical (unpaired) electrons. The second-order valence-corrected chi connectivity index (χ2v) is 18.2. The van der Waals surface area contributed by atoms with E-state index >= 15 is 0 Å². The molecule has 32 heavy (non-hydrogen) atoms. The maximum Gasteiger partial charge on any atom is -1.00 e. The molecule has 0 N–H and O–H groups in total. The van der Waals surface area contributed by atoms with E-state index in [1.54, 1.807) is 22.3 Å². The molecule has 2 aliphatic carbocycles. The Morgan fingerprint density at radius 3 is 1.19 bits per heavy atom. The molecule has 0 saturated carbocycles. The van der Waals surface area contributed by atoms with Gasteiger partial charge in [0.15, 0.2) is 0 Å². The topological polar surface area (TPSA) is 0 Å². The first kappa shape index (κ1) is 32.2. The van der Waals surface area contributed by atoms with Gasteiger partial charge in [-0.2, -0.15) is 45.5 Å². The van der Waals surface area contributed by atoms with E-state index in [1.807, 2.05) is 0 Å². The van der Waals surface area contributed by atoms with Crippen LogP contribution in [0.15, 0.2) is 24.3 Å². The quantitative estimate of drug-likeness (QED) is 0.363. The third kappa shape index (κ3) is 10.2.